The highest BCUT2D eigenvalue weighted by Gasteiger charge is 2.81. The Labute approximate surface area is 188 Å². The van der Waals surface area contributed by atoms with E-state index < -0.39 is 88.3 Å². The Kier molecular flexibility index (Phi) is 8.93. The lowest BCUT2D eigenvalue weighted by Gasteiger charge is -2.33. The molecule has 0 spiro atoms. The van der Waals surface area contributed by atoms with Crippen molar-refractivity contribution in [3.63, 3.8) is 0 Å². The van der Waals surface area contributed by atoms with Gasteiger partial charge in [0.1, 0.15) is 0 Å². The minimum absolute atomic E-state index is 0.297. The predicted molar refractivity (Wildman–Crippen MR) is 86.1 cm³/mol. The second-order valence-corrected chi connectivity index (χ2v) is 6.42. The fourth-order valence-electron chi connectivity index (χ4n) is 2.27. The second kappa shape index (κ2) is 10.3. The first-order chi connectivity index (χ1) is 16.1. The van der Waals surface area contributed by atoms with Crippen LogP contribution in [0.2, 0.25) is 0 Å². The number of hydrogen-bond donors (Lipinski definition) is 1. The van der Waals surface area contributed by atoms with Crippen molar-refractivity contribution in [3.05, 3.63) is 58.7 Å². The number of hydrogen-bond acceptors (Lipinski definition) is 1. The van der Waals surface area contributed by atoms with Gasteiger partial charge >= 0.3 is 24.1 Å². The molecular formula is C18H8F17N. The Morgan fingerprint density at radius 1 is 0.556 bits per heavy atom. The van der Waals surface area contributed by atoms with Gasteiger partial charge in [0.25, 0.3) is 0 Å². The molecule has 0 bridgehead atoms. The van der Waals surface area contributed by atoms with E-state index in [9.17, 15) is 74.6 Å². The van der Waals surface area contributed by atoms with Crippen molar-refractivity contribution in [1.82, 2.24) is 5.32 Å². The van der Waals surface area contributed by atoms with Crippen LogP contribution >= 0.6 is 0 Å². The van der Waals surface area contributed by atoms with Crippen molar-refractivity contribution in [3.8, 4) is 11.1 Å². The molecule has 2 aromatic carbocycles. The maximum Gasteiger partial charge on any atom is 0.460 e. The van der Waals surface area contributed by atoms with Crippen LogP contribution in [0, 0.1) is 46.5 Å². The van der Waals surface area contributed by atoms with Crippen molar-refractivity contribution in [2.75, 3.05) is 6.54 Å². The molecule has 0 aliphatic rings. The molecule has 0 saturated carbocycles. The molecule has 0 aromatic heterocycles. The number of nitrogens with one attached hydrogen (secondary N) is 1. The standard InChI is InChI=1S/C12H2F8.C6H6F9N/c13-4-2-1-3(6(14)7(4)15)5-8(16)10(18)12(20)11(19)9(5)17;1-2-16-6(14,15)4(9,10)3(7,8)5(11,12)13/h1-2H;16H,2H2,1H3. The van der Waals surface area contributed by atoms with Crippen LogP contribution in [0.15, 0.2) is 12.1 Å². The molecule has 0 aliphatic carbocycles. The van der Waals surface area contributed by atoms with Gasteiger partial charge in [-0.15, -0.1) is 0 Å². The lowest BCUT2D eigenvalue weighted by Crippen LogP contribution is -2.65. The number of halogens is 17. The normalized spacial score (nSPS) is 12.9. The average molecular weight is 561 g/mol. The van der Waals surface area contributed by atoms with Crippen LogP contribution in [-0.2, 0) is 0 Å². The van der Waals surface area contributed by atoms with Gasteiger partial charge in [-0.05, 0) is 18.7 Å². The number of benzene rings is 2. The molecule has 0 fully saturated rings. The van der Waals surface area contributed by atoms with E-state index in [0.29, 0.717) is 17.4 Å². The maximum absolute atomic E-state index is 13.4. The van der Waals surface area contributed by atoms with Crippen molar-refractivity contribution in [2.45, 2.75) is 31.0 Å². The monoisotopic (exact) mass is 561 g/mol. The SMILES string of the molecule is CCNC(F)(F)C(F)(F)C(F)(F)C(F)(F)F.Fc1ccc(-c2c(F)c(F)c(F)c(F)c2F)c(F)c1F. The third kappa shape index (κ3) is 5.31. The smallest absolute Gasteiger partial charge is 0.253 e. The van der Waals surface area contributed by atoms with Gasteiger partial charge in [0.2, 0.25) is 5.82 Å². The molecule has 0 amide bonds. The molecule has 204 valence electrons. The molecular weight excluding hydrogens is 553 g/mol. The van der Waals surface area contributed by atoms with Gasteiger partial charge in [-0.2, -0.15) is 39.5 Å². The van der Waals surface area contributed by atoms with Crippen molar-refractivity contribution >= 4 is 0 Å². The molecule has 0 radical (unpaired) electrons. The first-order valence-corrected chi connectivity index (χ1v) is 8.68. The molecule has 0 aliphatic heterocycles. The summed E-state index contributed by atoms with van der Waals surface area (Å²) in [5.41, 5.74) is -2.95. The van der Waals surface area contributed by atoms with Crippen molar-refractivity contribution < 1.29 is 74.6 Å². The third-order valence-corrected chi connectivity index (χ3v) is 4.06. The van der Waals surface area contributed by atoms with Crippen LogP contribution in [0.1, 0.15) is 6.92 Å². The second-order valence-electron chi connectivity index (χ2n) is 6.42. The minimum Gasteiger partial charge on any atom is -0.253 e. The number of alkyl halides is 9. The summed E-state index contributed by atoms with van der Waals surface area (Å²) < 4.78 is 213. The Hall–Kier alpha value is -2.79. The fourth-order valence-corrected chi connectivity index (χ4v) is 2.27. The molecule has 0 atom stereocenters. The molecule has 36 heavy (non-hydrogen) atoms. The Morgan fingerprint density at radius 3 is 1.36 bits per heavy atom. The first-order valence-electron chi connectivity index (χ1n) is 8.68. The Morgan fingerprint density at radius 2 is 0.972 bits per heavy atom. The van der Waals surface area contributed by atoms with E-state index in [1.807, 2.05) is 0 Å². The topological polar surface area (TPSA) is 12.0 Å². The summed E-state index contributed by atoms with van der Waals surface area (Å²) in [5.74, 6) is -31.0. The van der Waals surface area contributed by atoms with Crippen LogP contribution in [0.4, 0.5) is 74.6 Å². The lowest BCUT2D eigenvalue weighted by atomic mass is 10.0. The van der Waals surface area contributed by atoms with Gasteiger partial charge in [0.05, 0.1) is 5.56 Å². The van der Waals surface area contributed by atoms with Gasteiger partial charge in [0, 0.05) is 5.56 Å². The molecule has 2 rings (SSSR count). The molecule has 0 heterocycles. The van der Waals surface area contributed by atoms with Crippen LogP contribution in [-0.4, -0.2) is 30.6 Å². The van der Waals surface area contributed by atoms with Crippen LogP contribution < -0.4 is 5.32 Å². The van der Waals surface area contributed by atoms with E-state index >= 15 is 0 Å². The Bertz CT molecular complexity index is 1080. The van der Waals surface area contributed by atoms with Crippen molar-refractivity contribution in [1.29, 1.82) is 0 Å². The maximum atomic E-state index is 13.4. The van der Waals surface area contributed by atoms with E-state index in [-0.39, 0.29) is 0 Å². The van der Waals surface area contributed by atoms with E-state index in [1.165, 1.54) is 0 Å². The van der Waals surface area contributed by atoms with Crippen molar-refractivity contribution in [2.24, 2.45) is 0 Å². The summed E-state index contributed by atoms with van der Waals surface area (Å²) >= 11 is 0. The van der Waals surface area contributed by atoms with Crippen LogP contribution in [0.3, 0.4) is 0 Å². The van der Waals surface area contributed by atoms with Crippen LogP contribution in [0.25, 0.3) is 11.1 Å². The largest absolute Gasteiger partial charge is 0.460 e. The predicted octanol–water partition coefficient (Wildman–Crippen LogP) is 7.49. The van der Waals surface area contributed by atoms with Gasteiger partial charge in [-0.1, -0.05) is 6.92 Å². The third-order valence-electron chi connectivity index (χ3n) is 4.06. The highest BCUT2D eigenvalue weighted by Crippen LogP contribution is 2.52. The van der Waals surface area contributed by atoms with E-state index in [0.717, 1.165) is 6.92 Å². The quantitative estimate of drug-likeness (QED) is 0.173. The van der Waals surface area contributed by atoms with Gasteiger partial charge in [-0.25, -0.2) is 35.1 Å². The van der Waals surface area contributed by atoms with E-state index in [1.54, 1.807) is 0 Å². The number of rotatable bonds is 5. The summed E-state index contributed by atoms with van der Waals surface area (Å²) in [5, 5.41) is 0.577. The summed E-state index contributed by atoms with van der Waals surface area (Å²) in [6, 6.07) is -5.00. The fraction of sp³-hybridized carbons (Fsp3) is 0.333. The Balaban J connectivity index is 0.000000371. The van der Waals surface area contributed by atoms with E-state index in [4.69, 9.17) is 0 Å². The van der Waals surface area contributed by atoms with Gasteiger partial charge in [0.15, 0.2) is 40.7 Å². The minimum atomic E-state index is -6.83. The van der Waals surface area contributed by atoms with Gasteiger partial charge < -0.3 is 0 Å². The van der Waals surface area contributed by atoms with Crippen LogP contribution in [0.5, 0.6) is 0 Å². The molecule has 0 saturated heterocycles. The van der Waals surface area contributed by atoms with E-state index in [2.05, 4.69) is 0 Å². The molecule has 1 nitrogen and oxygen atoms in total. The summed E-state index contributed by atoms with van der Waals surface area (Å²) in [7, 11) is 0. The summed E-state index contributed by atoms with van der Waals surface area (Å²) in [6.45, 7) is -0.0632. The first kappa shape index (κ1) is 31.2. The summed E-state index contributed by atoms with van der Waals surface area (Å²) in [4.78, 5) is 0. The zero-order valence-corrected chi connectivity index (χ0v) is 16.8. The van der Waals surface area contributed by atoms with Gasteiger partial charge in [-0.3, -0.25) is 5.32 Å². The molecule has 1 N–H and O–H groups in total. The highest BCUT2D eigenvalue weighted by atomic mass is 19.4. The highest BCUT2D eigenvalue weighted by molar-refractivity contribution is 5.66. The molecule has 0 unspecified atom stereocenters. The molecule has 18 heteroatoms. The average Bonchev–Trinajstić information content (AvgIpc) is 2.75. The zero-order chi connectivity index (χ0) is 28.6. The molecule has 2 aromatic rings. The zero-order valence-electron chi connectivity index (χ0n) is 16.8. The summed E-state index contributed by atoms with van der Waals surface area (Å²) in [6.07, 6.45) is -6.77. The lowest BCUT2D eigenvalue weighted by molar-refractivity contribution is -0.400.